The molecule has 1 aliphatic heterocycles. The molecule has 35 heavy (non-hydrogen) atoms. The van der Waals surface area contributed by atoms with Crippen molar-refractivity contribution in [3.05, 3.63) is 53.1 Å². The minimum Gasteiger partial charge on any atom is -0.455 e. The van der Waals surface area contributed by atoms with Gasteiger partial charge >= 0.3 is 0 Å². The third-order valence-corrected chi connectivity index (χ3v) is 8.09. The molecule has 0 spiro atoms. The monoisotopic (exact) mass is 520 g/mol. The molecule has 188 valence electrons. The predicted octanol–water partition coefficient (Wildman–Crippen LogP) is 3.04. The van der Waals surface area contributed by atoms with Crippen molar-refractivity contribution < 1.29 is 30.8 Å². The fraction of sp³-hybridized carbons (Fsp3) is 0.375. The van der Waals surface area contributed by atoms with Gasteiger partial charge in [-0.25, -0.2) is 16.8 Å². The van der Waals surface area contributed by atoms with Crippen molar-refractivity contribution in [2.45, 2.75) is 26.1 Å². The van der Waals surface area contributed by atoms with Gasteiger partial charge in [-0.15, -0.1) is 0 Å². The van der Waals surface area contributed by atoms with Crippen LogP contribution in [0.15, 0.2) is 40.8 Å². The molecule has 9 nitrogen and oxygen atoms in total. The van der Waals surface area contributed by atoms with E-state index in [0.29, 0.717) is 39.1 Å². The Balaban J connectivity index is 1.96. The van der Waals surface area contributed by atoms with Gasteiger partial charge in [0.1, 0.15) is 21.2 Å². The van der Waals surface area contributed by atoms with E-state index in [9.17, 15) is 21.6 Å². The summed E-state index contributed by atoms with van der Waals surface area (Å²) in [4.78, 5) is 12.9. The largest absolute Gasteiger partial charge is 0.455 e. The SMILES string of the molecule is CNC(=O)c1c(-c2ccc(C)cc2)oc2cc3c(cc12)[C@H](C)O[C@H](CS(C)(=O)=O)CN3S(C)(=O)=O. The zero-order chi connectivity index (χ0) is 25.7. The van der Waals surface area contributed by atoms with E-state index in [1.807, 2.05) is 31.2 Å². The number of nitrogens with zero attached hydrogens (tertiary/aromatic N) is 1. The van der Waals surface area contributed by atoms with Crippen LogP contribution in [0.1, 0.15) is 34.5 Å². The van der Waals surface area contributed by atoms with Crippen LogP contribution in [0.2, 0.25) is 0 Å². The van der Waals surface area contributed by atoms with E-state index in [1.165, 1.54) is 7.05 Å². The van der Waals surface area contributed by atoms with Gasteiger partial charge in [0, 0.05) is 35.9 Å². The number of ether oxygens (including phenoxy) is 1. The summed E-state index contributed by atoms with van der Waals surface area (Å²) in [5.74, 6) is -0.306. The van der Waals surface area contributed by atoms with Crippen molar-refractivity contribution in [3.8, 4) is 11.3 Å². The van der Waals surface area contributed by atoms with Crippen LogP contribution in [-0.4, -0.2) is 60.7 Å². The molecule has 1 N–H and O–H groups in total. The Kier molecular flexibility index (Phi) is 6.45. The molecule has 3 aromatic rings. The summed E-state index contributed by atoms with van der Waals surface area (Å²) in [7, 11) is -5.69. The molecule has 0 bridgehead atoms. The average molecular weight is 521 g/mol. The number of benzene rings is 2. The Hall–Kier alpha value is -2.89. The van der Waals surface area contributed by atoms with Crippen LogP contribution in [0.25, 0.3) is 22.3 Å². The minimum absolute atomic E-state index is 0.164. The number of hydrogen-bond acceptors (Lipinski definition) is 7. The lowest BCUT2D eigenvalue weighted by molar-refractivity contribution is 0.0193. The van der Waals surface area contributed by atoms with Crippen LogP contribution in [0.5, 0.6) is 0 Å². The van der Waals surface area contributed by atoms with Crippen molar-refractivity contribution >= 4 is 42.4 Å². The summed E-state index contributed by atoms with van der Waals surface area (Å²) in [6.07, 6.45) is 0.641. The van der Waals surface area contributed by atoms with Gasteiger partial charge < -0.3 is 14.5 Å². The zero-order valence-corrected chi connectivity index (χ0v) is 21.8. The lowest BCUT2D eigenvalue weighted by Gasteiger charge is -2.24. The van der Waals surface area contributed by atoms with Crippen molar-refractivity contribution in [3.63, 3.8) is 0 Å². The molecule has 11 heteroatoms. The second-order valence-electron chi connectivity index (χ2n) is 8.95. The highest BCUT2D eigenvalue weighted by Crippen LogP contribution is 2.42. The summed E-state index contributed by atoms with van der Waals surface area (Å²) < 4.78 is 62.7. The Labute approximate surface area is 205 Å². The predicted molar refractivity (Wildman–Crippen MR) is 135 cm³/mol. The molecule has 1 aliphatic rings. The topological polar surface area (TPSA) is 123 Å². The number of amides is 1. The number of hydrogen-bond donors (Lipinski definition) is 1. The molecule has 0 radical (unpaired) electrons. The Morgan fingerprint density at radius 3 is 2.34 bits per heavy atom. The maximum atomic E-state index is 12.9. The molecule has 2 heterocycles. The number of carbonyl (C=O) groups is 1. The van der Waals surface area contributed by atoms with Gasteiger partial charge in [0.15, 0.2) is 0 Å². The van der Waals surface area contributed by atoms with Crippen LogP contribution >= 0.6 is 0 Å². The van der Waals surface area contributed by atoms with Crippen LogP contribution in [0, 0.1) is 6.92 Å². The summed E-state index contributed by atoms with van der Waals surface area (Å²) in [6.45, 7) is 3.52. The zero-order valence-electron chi connectivity index (χ0n) is 20.2. The number of fused-ring (bicyclic) bond motifs is 2. The third-order valence-electron chi connectivity index (χ3n) is 5.97. The molecule has 1 amide bonds. The molecular formula is C24H28N2O7S2. The second-order valence-corrected chi connectivity index (χ2v) is 13.0. The highest BCUT2D eigenvalue weighted by molar-refractivity contribution is 7.92. The quantitative estimate of drug-likeness (QED) is 0.548. The summed E-state index contributed by atoms with van der Waals surface area (Å²) >= 11 is 0. The van der Waals surface area contributed by atoms with Crippen molar-refractivity contribution in [1.82, 2.24) is 5.32 Å². The van der Waals surface area contributed by atoms with E-state index < -0.39 is 32.1 Å². The van der Waals surface area contributed by atoms with Crippen LogP contribution in [0.4, 0.5) is 5.69 Å². The molecule has 0 aliphatic carbocycles. The standard InChI is InChI=1S/C24H28N2O7S2/c1-14-6-8-16(9-7-14)23-22(24(27)25-3)19-10-18-15(2)32-17(13-34(4,28)29)12-26(35(5,30)31)20(18)11-21(19)33-23/h6-11,15,17H,12-13H2,1-5H3,(H,25,27)/t15-,17-/m0/s1. The number of carbonyl (C=O) groups excluding carboxylic acids is 1. The number of rotatable bonds is 5. The minimum atomic E-state index is -3.79. The third kappa shape index (κ3) is 5.07. The number of aryl methyl sites for hydroxylation is 1. The van der Waals surface area contributed by atoms with Gasteiger partial charge in [-0.2, -0.15) is 0 Å². The van der Waals surface area contributed by atoms with Gasteiger partial charge in [0.25, 0.3) is 5.91 Å². The highest BCUT2D eigenvalue weighted by Gasteiger charge is 2.35. The normalized spacial score (nSPS) is 18.8. The maximum absolute atomic E-state index is 12.9. The first-order valence-electron chi connectivity index (χ1n) is 11.0. The van der Waals surface area contributed by atoms with Crippen molar-refractivity contribution in [2.75, 3.05) is 36.2 Å². The maximum Gasteiger partial charge on any atom is 0.255 e. The molecule has 0 saturated heterocycles. The van der Waals surface area contributed by atoms with E-state index in [1.54, 1.807) is 19.1 Å². The lowest BCUT2D eigenvalue weighted by atomic mass is 10.00. The Morgan fingerprint density at radius 1 is 1.11 bits per heavy atom. The van der Waals surface area contributed by atoms with Gasteiger partial charge in [0.2, 0.25) is 10.0 Å². The number of sulfonamides is 1. The number of anilines is 1. The average Bonchev–Trinajstić information content (AvgIpc) is 3.06. The molecule has 0 saturated carbocycles. The fourth-order valence-corrected chi connectivity index (χ4v) is 6.19. The Bertz CT molecular complexity index is 1510. The van der Waals surface area contributed by atoms with E-state index >= 15 is 0 Å². The second kappa shape index (κ2) is 8.96. The van der Waals surface area contributed by atoms with E-state index in [2.05, 4.69) is 5.32 Å². The van der Waals surface area contributed by atoms with Gasteiger partial charge in [-0.3, -0.25) is 9.10 Å². The number of sulfone groups is 1. The van der Waals surface area contributed by atoms with Crippen LogP contribution in [0.3, 0.4) is 0 Å². The van der Waals surface area contributed by atoms with Gasteiger partial charge in [0.05, 0.1) is 42.0 Å². The van der Waals surface area contributed by atoms with E-state index in [-0.39, 0.29) is 18.2 Å². The molecular weight excluding hydrogens is 492 g/mol. The first-order chi connectivity index (χ1) is 16.3. The molecule has 1 aromatic heterocycles. The van der Waals surface area contributed by atoms with Crippen molar-refractivity contribution in [2.24, 2.45) is 0 Å². The molecule has 0 unspecified atom stereocenters. The summed E-state index contributed by atoms with van der Waals surface area (Å²) in [6, 6.07) is 10.8. The van der Waals surface area contributed by atoms with Crippen LogP contribution in [-0.2, 0) is 24.6 Å². The Morgan fingerprint density at radius 2 is 1.77 bits per heavy atom. The number of nitrogens with one attached hydrogen (secondary N) is 1. The van der Waals surface area contributed by atoms with Crippen LogP contribution < -0.4 is 9.62 Å². The summed E-state index contributed by atoms with van der Waals surface area (Å²) in [5.41, 5.74) is 3.26. The van der Waals surface area contributed by atoms with E-state index in [4.69, 9.17) is 9.15 Å². The highest BCUT2D eigenvalue weighted by atomic mass is 32.2. The molecule has 2 atom stereocenters. The fourth-order valence-electron chi connectivity index (χ4n) is 4.38. The molecule has 0 fully saturated rings. The first kappa shape index (κ1) is 25.2. The first-order valence-corrected chi connectivity index (χ1v) is 14.9. The molecule has 4 rings (SSSR count). The smallest absolute Gasteiger partial charge is 0.255 e. The van der Waals surface area contributed by atoms with Gasteiger partial charge in [-0.05, 0) is 19.9 Å². The van der Waals surface area contributed by atoms with Crippen molar-refractivity contribution in [1.29, 1.82) is 0 Å². The molecule has 2 aromatic carbocycles. The van der Waals surface area contributed by atoms with Gasteiger partial charge in [-0.1, -0.05) is 29.8 Å². The van der Waals surface area contributed by atoms with E-state index in [0.717, 1.165) is 22.4 Å². The summed E-state index contributed by atoms with van der Waals surface area (Å²) in [5, 5.41) is 3.15. The lowest BCUT2D eigenvalue weighted by Crippen LogP contribution is -2.39. The number of furan rings is 1.